The number of carbonyl (C=O) groups is 2. The summed E-state index contributed by atoms with van der Waals surface area (Å²) in [5.41, 5.74) is 2.99. The highest BCUT2D eigenvalue weighted by Crippen LogP contribution is 2.30. The summed E-state index contributed by atoms with van der Waals surface area (Å²) in [7, 11) is 0. The first kappa shape index (κ1) is 23.2. The molecule has 33 heavy (non-hydrogen) atoms. The molecule has 174 valence electrons. The van der Waals surface area contributed by atoms with Gasteiger partial charge < -0.3 is 10.1 Å². The Labute approximate surface area is 196 Å². The van der Waals surface area contributed by atoms with Crippen molar-refractivity contribution in [3.05, 3.63) is 56.4 Å². The first-order valence-electron chi connectivity index (χ1n) is 11.4. The molecule has 0 aliphatic heterocycles. The minimum absolute atomic E-state index is 0.0607. The van der Waals surface area contributed by atoms with Gasteiger partial charge in [0.2, 0.25) is 5.91 Å². The third-order valence-corrected chi connectivity index (χ3v) is 7.50. The van der Waals surface area contributed by atoms with Crippen LogP contribution in [0.2, 0.25) is 0 Å². The van der Waals surface area contributed by atoms with E-state index in [9.17, 15) is 14.4 Å². The lowest BCUT2D eigenvalue weighted by Crippen LogP contribution is -2.32. The molecule has 8 heteroatoms. The maximum Gasteiger partial charge on any atom is 0.348 e. The molecule has 1 aromatic carbocycles. The Bertz CT molecular complexity index is 1270. The van der Waals surface area contributed by atoms with E-state index < -0.39 is 12.0 Å². The summed E-state index contributed by atoms with van der Waals surface area (Å²) in [4.78, 5) is 44.2. The summed E-state index contributed by atoms with van der Waals surface area (Å²) in [6.45, 7) is 7.32. The summed E-state index contributed by atoms with van der Waals surface area (Å²) < 4.78 is 7.02. The molecule has 1 N–H and O–H groups in total. The van der Waals surface area contributed by atoms with E-state index >= 15 is 0 Å². The quantitative estimate of drug-likeness (QED) is 0.529. The first-order valence-corrected chi connectivity index (χ1v) is 12.2. The number of rotatable bonds is 5. The Kier molecular flexibility index (Phi) is 6.65. The van der Waals surface area contributed by atoms with Crippen LogP contribution in [0.5, 0.6) is 0 Å². The normalized spacial score (nSPS) is 15.4. The van der Waals surface area contributed by atoms with Crippen molar-refractivity contribution in [2.75, 3.05) is 5.32 Å². The maximum atomic E-state index is 13.3. The van der Waals surface area contributed by atoms with Crippen molar-refractivity contribution < 1.29 is 14.3 Å². The van der Waals surface area contributed by atoms with E-state index in [1.165, 1.54) is 28.7 Å². The number of nitrogens with zero attached hydrogens (tertiary/aromatic N) is 2. The highest BCUT2D eigenvalue weighted by molar-refractivity contribution is 7.20. The van der Waals surface area contributed by atoms with Crippen molar-refractivity contribution in [3.8, 4) is 0 Å². The van der Waals surface area contributed by atoms with E-state index in [-0.39, 0.29) is 17.6 Å². The Morgan fingerprint density at radius 2 is 1.91 bits per heavy atom. The fourth-order valence-corrected chi connectivity index (χ4v) is 5.34. The van der Waals surface area contributed by atoms with Crippen LogP contribution in [-0.4, -0.2) is 27.5 Å². The number of esters is 1. The zero-order valence-electron chi connectivity index (χ0n) is 19.4. The Balaban J connectivity index is 1.59. The van der Waals surface area contributed by atoms with Gasteiger partial charge in [-0.15, -0.1) is 11.3 Å². The lowest BCUT2D eigenvalue weighted by molar-refractivity contribution is -0.118. The molecule has 0 radical (unpaired) electrons. The van der Waals surface area contributed by atoms with Crippen molar-refractivity contribution in [3.63, 3.8) is 0 Å². The Morgan fingerprint density at radius 3 is 2.61 bits per heavy atom. The predicted molar refractivity (Wildman–Crippen MR) is 130 cm³/mol. The van der Waals surface area contributed by atoms with E-state index in [4.69, 9.17) is 4.74 Å². The van der Waals surface area contributed by atoms with Crippen molar-refractivity contribution >= 4 is 39.1 Å². The van der Waals surface area contributed by atoms with E-state index in [2.05, 4.69) is 10.3 Å². The second kappa shape index (κ2) is 9.47. The number of hydrogen-bond donors (Lipinski definition) is 1. The molecular formula is C25H29N3O4S. The second-order valence-electron chi connectivity index (χ2n) is 8.84. The fourth-order valence-electron chi connectivity index (χ4n) is 4.31. The summed E-state index contributed by atoms with van der Waals surface area (Å²) in [5, 5.41) is 3.26. The lowest BCUT2D eigenvalue weighted by atomic mass is 9.98. The van der Waals surface area contributed by atoms with Crippen LogP contribution in [0.1, 0.15) is 71.4 Å². The molecule has 1 aliphatic carbocycles. The Hall–Kier alpha value is -3.00. The van der Waals surface area contributed by atoms with Gasteiger partial charge in [-0.1, -0.05) is 24.1 Å². The summed E-state index contributed by atoms with van der Waals surface area (Å²) >= 11 is 1.17. The van der Waals surface area contributed by atoms with Gasteiger partial charge in [0.05, 0.1) is 11.7 Å². The fraction of sp³-hybridized carbons (Fsp3) is 0.440. The number of ether oxygens (including phenoxy) is 1. The zero-order valence-corrected chi connectivity index (χ0v) is 20.3. The second-order valence-corrected chi connectivity index (χ2v) is 9.84. The number of thiophene rings is 1. The van der Waals surface area contributed by atoms with Gasteiger partial charge in [-0.3, -0.25) is 14.2 Å². The Morgan fingerprint density at radius 1 is 1.18 bits per heavy atom. The van der Waals surface area contributed by atoms with Gasteiger partial charge in [0.25, 0.3) is 5.56 Å². The van der Waals surface area contributed by atoms with Gasteiger partial charge in [0.1, 0.15) is 21.9 Å². The van der Waals surface area contributed by atoms with Gasteiger partial charge in [-0.2, -0.15) is 0 Å². The highest BCUT2D eigenvalue weighted by atomic mass is 32.1. The van der Waals surface area contributed by atoms with Gasteiger partial charge in [0, 0.05) is 5.69 Å². The molecule has 0 bridgehead atoms. The highest BCUT2D eigenvalue weighted by Gasteiger charge is 2.26. The monoisotopic (exact) mass is 467 g/mol. The number of aryl methyl sites for hydroxylation is 3. The standard InChI is InChI=1S/C25H29N3O4S/c1-14-10-11-19(15(2)12-14)27-22(29)17(4)28-13-26-23-20(24(28)30)16(3)21(33-23)25(31)32-18-8-6-5-7-9-18/h10-13,17-18H,5-9H2,1-4H3,(H,27,29)/t17-/m0/s1. The molecule has 3 aromatic rings. The molecular weight excluding hydrogens is 438 g/mol. The topological polar surface area (TPSA) is 90.3 Å². The maximum absolute atomic E-state index is 13.3. The van der Waals surface area contributed by atoms with Gasteiger partial charge in [-0.25, -0.2) is 9.78 Å². The molecule has 1 amide bonds. The van der Waals surface area contributed by atoms with Crippen molar-refractivity contribution in [2.24, 2.45) is 0 Å². The molecule has 2 heterocycles. The number of anilines is 1. The van der Waals surface area contributed by atoms with Crippen LogP contribution in [0.25, 0.3) is 10.2 Å². The molecule has 0 spiro atoms. The number of fused-ring (bicyclic) bond motifs is 1. The minimum atomic E-state index is -0.771. The van der Waals surface area contributed by atoms with Gasteiger partial charge >= 0.3 is 5.97 Å². The smallest absolute Gasteiger partial charge is 0.348 e. The third-order valence-electron chi connectivity index (χ3n) is 6.32. The molecule has 7 nitrogen and oxygen atoms in total. The third kappa shape index (κ3) is 4.71. The molecule has 1 aliphatic rings. The molecule has 4 rings (SSSR count). The van der Waals surface area contributed by atoms with E-state index in [1.807, 2.05) is 32.0 Å². The van der Waals surface area contributed by atoms with Crippen LogP contribution < -0.4 is 10.9 Å². The predicted octanol–water partition coefficient (Wildman–Crippen LogP) is 5.07. The van der Waals surface area contributed by atoms with Crippen LogP contribution in [0, 0.1) is 20.8 Å². The van der Waals surface area contributed by atoms with Crippen LogP contribution >= 0.6 is 11.3 Å². The molecule has 1 fully saturated rings. The van der Waals surface area contributed by atoms with Crippen molar-refractivity contribution in [2.45, 2.75) is 71.9 Å². The van der Waals surface area contributed by atoms with Crippen LogP contribution in [-0.2, 0) is 9.53 Å². The van der Waals surface area contributed by atoms with Gasteiger partial charge in [0.15, 0.2) is 0 Å². The van der Waals surface area contributed by atoms with Crippen LogP contribution in [0.15, 0.2) is 29.3 Å². The lowest BCUT2D eigenvalue weighted by Gasteiger charge is -2.21. The van der Waals surface area contributed by atoms with Crippen LogP contribution in [0.4, 0.5) is 5.69 Å². The number of nitrogens with one attached hydrogen (secondary N) is 1. The van der Waals surface area contributed by atoms with Crippen LogP contribution in [0.3, 0.4) is 0 Å². The first-order chi connectivity index (χ1) is 15.8. The molecule has 2 aromatic heterocycles. The van der Waals surface area contributed by atoms with E-state index in [1.54, 1.807) is 13.8 Å². The number of amides is 1. The average molecular weight is 468 g/mol. The van der Waals surface area contributed by atoms with E-state index in [0.29, 0.717) is 26.3 Å². The van der Waals surface area contributed by atoms with Crippen molar-refractivity contribution in [1.29, 1.82) is 0 Å². The number of aromatic nitrogens is 2. The average Bonchev–Trinajstić information content (AvgIpc) is 3.13. The summed E-state index contributed by atoms with van der Waals surface area (Å²) in [5.74, 6) is -0.705. The summed E-state index contributed by atoms with van der Waals surface area (Å²) in [6, 6.07) is 5.00. The zero-order chi connectivity index (χ0) is 23.7. The van der Waals surface area contributed by atoms with Crippen molar-refractivity contribution in [1.82, 2.24) is 9.55 Å². The van der Waals surface area contributed by atoms with E-state index in [0.717, 1.165) is 36.8 Å². The number of benzene rings is 1. The molecule has 0 unspecified atom stereocenters. The molecule has 1 atom stereocenters. The number of carbonyl (C=O) groups excluding carboxylic acids is 2. The van der Waals surface area contributed by atoms with Gasteiger partial charge in [-0.05, 0) is 70.6 Å². The molecule has 1 saturated carbocycles. The number of hydrogen-bond acceptors (Lipinski definition) is 6. The minimum Gasteiger partial charge on any atom is -0.458 e. The largest absolute Gasteiger partial charge is 0.458 e. The SMILES string of the molecule is Cc1ccc(NC(=O)[C@H](C)n2cnc3sc(C(=O)OC4CCCCC4)c(C)c3c2=O)c(C)c1. The summed E-state index contributed by atoms with van der Waals surface area (Å²) in [6.07, 6.45) is 6.39. The molecule has 0 saturated heterocycles.